The molecule has 0 saturated carbocycles. The van der Waals surface area contributed by atoms with E-state index in [-0.39, 0.29) is 5.41 Å². The summed E-state index contributed by atoms with van der Waals surface area (Å²) in [5.74, 6) is 0. The van der Waals surface area contributed by atoms with Crippen molar-refractivity contribution in [3.63, 3.8) is 0 Å². The van der Waals surface area contributed by atoms with Crippen molar-refractivity contribution in [3.05, 3.63) is 0 Å². The highest BCUT2D eigenvalue weighted by Crippen LogP contribution is 2.32. The standard InChI is InChI=1S/C11H22N2O.C2H6/c1-3-13-8-5-11(10-14,6-9-13)4-7-12-2;1-2/h10,12H,3-9H2,1-2H3;1-2H3. The summed E-state index contributed by atoms with van der Waals surface area (Å²) in [6.45, 7) is 10.4. The number of hydrogen-bond acceptors (Lipinski definition) is 3. The van der Waals surface area contributed by atoms with Crippen LogP contribution in [-0.4, -0.2) is 44.4 Å². The minimum absolute atomic E-state index is 0.0331. The summed E-state index contributed by atoms with van der Waals surface area (Å²) in [6.07, 6.45) is 4.25. The lowest BCUT2D eigenvalue weighted by molar-refractivity contribution is -0.119. The van der Waals surface area contributed by atoms with E-state index in [2.05, 4.69) is 17.1 Å². The van der Waals surface area contributed by atoms with Crippen LogP contribution in [0.4, 0.5) is 0 Å². The maximum Gasteiger partial charge on any atom is 0.126 e. The third-order valence-electron chi connectivity index (χ3n) is 3.42. The van der Waals surface area contributed by atoms with Gasteiger partial charge in [-0.25, -0.2) is 0 Å². The van der Waals surface area contributed by atoms with E-state index < -0.39 is 0 Å². The van der Waals surface area contributed by atoms with E-state index >= 15 is 0 Å². The third-order valence-corrected chi connectivity index (χ3v) is 3.42. The number of hydrogen-bond donors (Lipinski definition) is 1. The van der Waals surface area contributed by atoms with E-state index in [1.165, 1.54) is 6.29 Å². The fourth-order valence-electron chi connectivity index (χ4n) is 2.12. The van der Waals surface area contributed by atoms with Crippen LogP contribution in [0.2, 0.25) is 0 Å². The quantitative estimate of drug-likeness (QED) is 0.730. The monoisotopic (exact) mass is 228 g/mol. The van der Waals surface area contributed by atoms with Gasteiger partial charge < -0.3 is 15.0 Å². The molecule has 0 aromatic rings. The Morgan fingerprint density at radius 2 is 1.88 bits per heavy atom. The lowest BCUT2D eigenvalue weighted by atomic mass is 9.77. The SMILES string of the molecule is CC.CCN1CCC(C=O)(CCNC)CC1. The van der Waals surface area contributed by atoms with E-state index in [1.807, 2.05) is 20.9 Å². The Hall–Kier alpha value is -0.410. The second-order valence-electron chi connectivity index (χ2n) is 4.27. The zero-order valence-corrected chi connectivity index (χ0v) is 11.4. The van der Waals surface area contributed by atoms with Gasteiger partial charge in [-0.3, -0.25) is 0 Å². The minimum atomic E-state index is -0.0331. The van der Waals surface area contributed by atoms with Crippen LogP contribution in [0.1, 0.15) is 40.0 Å². The van der Waals surface area contributed by atoms with E-state index in [9.17, 15) is 4.79 Å². The molecule has 1 N–H and O–H groups in total. The topological polar surface area (TPSA) is 32.3 Å². The van der Waals surface area contributed by atoms with Crippen LogP contribution in [0.5, 0.6) is 0 Å². The number of rotatable bonds is 5. The van der Waals surface area contributed by atoms with Crippen LogP contribution in [-0.2, 0) is 4.79 Å². The van der Waals surface area contributed by atoms with Crippen LogP contribution < -0.4 is 5.32 Å². The Labute approximate surface area is 101 Å². The molecule has 0 radical (unpaired) electrons. The molecule has 1 saturated heterocycles. The predicted molar refractivity (Wildman–Crippen MR) is 69.7 cm³/mol. The van der Waals surface area contributed by atoms with E-state index in [0.717, 1.165) is 45.4 Å². The van der Waals surface area contributed by atoms with Gasteiger partial charge in [-0.1, -0.05) is 20.8 Å². The van der Waals surface area contributed by atoms with E-state index in [0.29, 0.717) is 0 Å². The molecule has 1 fully saturated rings. The first-order valence-electron chi connectivity index (χ1n) is 6.59. The molecule has 96 valence electrons. The number of nitrogens with zero attached hydrogens (tertiary/aromatic N) is 1. The maximum absolute atomic E-state index is 11.1. The smallest absolute Gasteiger partial charge is 0.126 e. The molecule has 0 amide bonds. The summed E-state index contributed by atoms with van der Waals surface area (Å²) in [5, 5.41) is 3.13. The second-order valence-corrected chi connectivity index (χ2v) is 4.27. The molecule has 3 nitrogen and oxygen atoms in total. The van der Waals surface area contributed by atoms with E-state index in [1.54, 1.807) is 0 Å². The van der Waals surface area contributed by atoms with Gasteiger partial charge in [-0.15, -0.1) is 0 Å². The molecule has 1 aliphatic heterocycles. The van der Waals surface area contributed by atoms with Crippen LogP contribution in [0.3, 0.4) is 0 Å². The first-order valence-corrected chi connectivity index (χ1v) is 6.59. The first-order chi connectivity index (χ1) is 7.76. The molecular weight excluding hydrogens is 200 g/mol. The van der Waals surface area contributed by atoms with Gasteiger partial charge >= 0.3 is 0 Å². The van der Waals surface area contributed by atoms with Gasteiger partial charge in [0, 0.05) is 5.41 Å². The number of carbonyl (C=O) groups excluding carboxylic acids is 1. The fourth-order valence-corrected chi connectivity index (χ4v) is 2.12. The number of piperidine rings is 1. The second kappa shape index (κ2) is 8.71. The summed E-state index contributed by atoms with van der Waals surface area (Å²) in [4.78, 5) is 13.6. The van der Waals surface area contributed by atoms with Crippen molar-refractivity contribution in [1.82, 2.24) is 10.2 Å². The molecule has 0 aromatic heterocycles. The van der Waals surface area contributed by atoms with Crippen LogP contribution >= 0.6 is 0 Å². The van der Waals surface area contributed by atoms with Crippen molar-refractivity contribution in [3.8, 4) is 0 Å². The van der Waals surface area contributed by atoms with Crippen molar-refractivity contribution >= 4 is 6.29 Å². The highest BCUT2D eigenvalue weighted by Gasteiger charge is 2.33. The van der Waals surface area contributed by atoms with Crippen LogP contribution in [0, 0.1) is 5.41 Å². The summed E-state index contributed by atoms with van der Waals surface area (Å²) < 4.78 is 0. The summed E-state index contributed by atoms with van der Waals surface area (Å²) >= 11 is 0. The number of nitrogens with one attached hydrogen (secondary N) is 1. The minimum Gasteiger partial charge on any atom is -0.320 e. The van der Waals surface area contributed by atoms with Gasteiger partial charge in [-0.2, -0.15) is 0 Å². The number of carbonyl (C=O) groups is 1. The van der Waals surface area contributed by atoms with Gasteiger partial charge in [0.2, 0.25) is 0 Å². The lowest BCUT2D eigenvalue weighted by Crippen LogP contribution is -2.42. The Balaban J connectivity index is 0.00000106. The molecule has 0 unspecified atom stereocenters. The van der Waals surface area contributed by atoms with Crippen LogP contribution in [0.25, 0.3) is 0 Å². The van der Waals surface area contributed by atoms with Gasteiger partial charge in [0.25, 0.3) is 0 Å². The molecule has 1 heterocycles. The molecule has 0 spiro atoms. The largest absolute Gasteiger partial charge is 0.320 e. The van der Waals surface area contributed by atoms with Crippen molar-refractivity contribution < 1.29 is 4.79 Å². The van der Waals surface area contributed by atoms with Crippen molar-refractivity contribution in [1.29, 1.82) is 0 Å². The number of likely N-dealkylation sites (tertiary alicyclic amines) is 1. The zero-order valence-electron chi connectivity index (χ0n) is 11.4. The Kier molecular flexibility index (Phi) is 8.49. The average Bonchev–Trinajstić information content (AvgIpc) is 2.39. The zero-order chi connectivity index (χ0) is 12.4. The van der Waals surface area contributed by atoms with E-state index in [4.69, 9.17) is 0 Å². The molecule has 0 aromatic carbocycles. The van der Waals surface area contributed by atoms with Crippen LogP contribution in [0.15, 0.2) is 0 Å². The Morgan fingerprint density at radius 3 is 2.25 bits per heavy atom. The molecule has 0 atom stereocenters. The molecule has 0 aliphatic carbocycles. The Bertz CT molecular complexity index is 175. The lowest BCUT2D eigenvalue weighted by Gasteiger charge is -2.37. The highest BCUT2D eigenvalue weighted by molar-refractivity contribution is 5.59. The highest BCUT2D eigenvalue weighted by atomic mass is 16.1. The normalized spacial score (nSPS) is 19.8. The van der Waals surface area contributed by atoms with Gasteiger partial charge in [0.15, 0.2) is 0 Å². The third kappa shape index (κ3) is 4.62. The summed E-state index contributed by atoms with van der Waals surface area (Å²) in [6, 6.07) is 0. The Morgan fingerprint density at radius 1 is 1.31 bits per heavy atom. The maximum atomic E-state index is 11.1. The summed E-state index contributed by atoms with van der Waals surface area (Å²) in [7, 11) is 1.94. The molecule has 16 heavy (non-hydrogen) atoms. The molecular formula is C13H28N2O. The van der Waals surface area contributed by atoms with Gasteiger partial charge in [0.05, 0.1) is 0 Å². The van der Waals surface area contributed by atoms with Gasteiger partial charge in [-0.05, 0) is 52.5 Å². The molecule has 3 heteroatoms. The molecule has 1 aliphatic rings. The molecule has 1 rings (SSSR count). The van der Waals surface area contributed by atoms with Crippen molar-refractivity contribution in [2.24, 2.45) is 5.41 Å². The van der Waals surface area contributed by atoms with Crippen molar-refractivity contribution in [2.45, 2.75) is 40.0 Å². The summed E-state index contributed by atoms with van der Waals surface area (Å²) in [5.41, 5.74) is -0.0331. The average molecular weight is 228 g/mol. The molecule has 0 bridgehead atoms. The number of aldehydes is 1. The first kappa shape index (κ1) is 15.6. The predicted octanol–water partition coefficient (Wildman–Crippen LogP) is 1.92. The van der Waals surface area contributed by atoms with Gasteiger partial charge in [0.1, 0.15) is 6.29 Å². The van der Waals surface area contributed by atoms with Crippen molar-refractivity contribution in [2.75, 3.05) is 33.2 Å². The fraction of sp³-hybridized carbons (Fsp3) is 0.923.